The van der Waals surface area contributed by atoms with Crippen molar-refractivity contribution in [2.24, 2.45) is 0 Å². The zero-order valence-corrected chi connectivity index (χ0v) is 15.1. The van der Waals surface area contributed by atoms with E-state index in [1.807, 2.05) is 25.1 Å². The van der Waals surface area contributed by atoms with Crippen molar-refractivity contribution < 1.29 is 24.6 Å². The summed E-state index contributed by atoms with van der Waals surface area (Å²) < 4.78 is 0. The second-order valence-electron chi connectivity index (χ2n) is 5.97. The van der Waals surface area contributed by atoms with Gasteiger partial charge >= 0.3 is 11.9 Å². The third-order valence-corrected chi connectivity index (χ3v) is 3.64. The molecule has 0 aromatic heterocycles. The molecule has 0 amide bonds. The fourth-order valence-electron chi connectivity index (χ4n) is 2.36. The van der Waals surface area contributed by atoms with Gasteiger partial charge in [0, 0.05) is 12.8 Å². The topological polar surface area (TPSA) is 91.7 Å². The lowest BCUT2D eigenvalue weighted by Crippen LogP contribution is -2.02. The lowest BCUT2D eigenvalue weighted by atomic mass is 10.1. The molecule has 0 fully saturated rings. The molecule has 0 heterocycles. The summed E-state index contributed by atoms with van der Waals surface area (Å²) in [5, 5.41) is 17.2. The standard InChI is InChI=1S/C12H16O.C9H8O4/c1-2-6-12(13)10-9-11-7-4-3-5-8-11;1-5-2-6(8(10)11)4-7(3-5)9(12)13/h3-5,7-8H,2,6,9-10H2,1H3;2-4H,1H3,(H,10,11)(H,12,13). The number of aromatic carboxylic acids is 2. The molecule has 0 aliphatic heterocycles. The monoisotopic (exact) mass is 356 g/mol. The number of hydrogen-bond acceptors (Lipinski definition) is 3. The molecule has 26 heavy (non-hydrogen) atoms. The molecule has 2 N–H and O–H groups in total. The number of aryl methyl sites for hydroxylation is 2. The maximum absolute atomic E-state index is 11.2. The molecule has 138 valence electrons. The predicted octanol–water partition coefficient (Wildman–Crippen LogP) is 4.38. The zero-order valence-electron chi connectivity index (χ0n) is 15.1. The summed E-state index contributed by atoms with van der Waals surface area (Å²) in [6.07, 6.45) is 3.28. The Kier molecular flexibility index (Phi) is 8.78. The summed E-state index contributed by atoms with van der Waals surface area (Å²) in [6.45, 7) is 3.69. The number of carbonyl (C=O) groups is 3. The van der Waals surface area contributed by atoms with Crippen LogP contribution < -0.4 is 0 Å². The molecule has 5 nitrogen and oxygen atoms in total. The SMILES string of the molecule is CCCC(=O)CCc1ccccc1.Cc1cc(C(=O)O)cc(C(=O)O)c1. The predicted molar refractivity (Wildman–Crippen MR) is 99.8 cm³/mol. The van der Waals surface area contributed by atoms with E-state index in [-0.39, 0.29) is 11.1 Å². The first kappa shape index (κ1) is 21.1. The Labute approximate surface area is 153 Å². The average molecular weight is 356 g/mol. The van der Waals surface area contributed by atoms with Gasteiger partial charge in [-0.3, -0.25) is 4.79 Å². The van der Waals surface area contributed by atoms with Crippen LogP contribution in [0.1, 0.15) is 58.0 Å². The largest absolute Gasteiger partial charge is 0.478 e. The molecule has 5 heteroatoms. The summed E-state index contributed by atoms with van der Waals surface area (Å²) in [4.78, 5) is 32.3. The minimum Gasteiger partial charge on any atom is -0.478 e. The zero-order chi connectivity index (χ0) is 19.5. The highest BCUT2D eigenvalue weighted by molar-refractivity contribution is 5.94. The summed E-state index contributed by atoms with van der Waals surface area (Å²) in [7, 11) is 0. The third-order valence-electron chi connectivity index (χ3n) is 3.64. The molecule has 0 atom stereocenters. The van der Waals surface area contributed by atoms with Gasteiger partial charge in [-0.05, 0) is 49.1 Å². The summed E-state index contributed by atoms with van der Waals surface area (Å²) in [5.74, 6) is -1.86. The smallest absolute Gasteiger partial charge is 0.335 e. The van der Waals surface area contributed by atoms with Gasteiger partial charge < -0.3 is 10.2 Å². The molecule has 0 spiro atoms. The highest BCUT2D eigenvalue weighted by atomic mass is 16.4. The number of carbonyl (C=O) groups excluding carboxylic acids is 1. The molecule has 0 aliphatic carbocycles. The van der Waals surface area contributed by atoms with Crippen molar-refractivity contribution in [1.82, 2.24) is 0 Å². The molecule has 2 aromatic carbocycles. The first-order valence-electron chi connectivity index (χ1n) is 8.47. The minimum absolute atomic E-state index is 0.00241. The summed E-state index contributed by atoms with van der Waals surface area (Å²) in [5.41, 5.74) is 1.87. The van der Waals surface area contributed by atoms with Crippen LogP contribution in [0.5, 0.6) is 0 Å². The van der Waals surface area contributed by atoms with Gasteiger partial charge in [0.15, 0.2) is 0 Å². The van der Waals surface area contributed by atoms with Crippen LogP contribution in [-0.4, -0.2) is 27.9 Å². The Morgan fingerprint density at radius 1 is 0.846 bits per heavy atom. The number of carboxylic acids is 2. The van der Waals surface area contributed by atoms with Gasteiger partial charge in [-0.15, -0.1) is 0 Å². The van der Waals surface area contributed by atoms with E-state index in [0.717, 1.165) is 25.3 Å². The van der Waals surface area contributed by atoms with Crippen molar-refractivity contribution >= 4 is 17.7 Å². The van der Waals surface area contributed by atoms with Crippen LogP contribution in [0.25, 0.3) is 0 Å². The number of hydrogen-bond donors (Lipinski definition) is 2. The fraction of sp³-hybridized carbons (Fsp3) is 0.286. The van der Waals surface area contributed by atoms with Gasteiger partial charge in [0.25, 0.3) is 0 Å². The Hall–Kier alpha value is -2.95. The maximum atomic E-state index is 11.2. The molecule has 0 unspecified atom stereocenters. The summed E-state index contributed by atoms with van der Waals surface area (Å²) >= 11 is 0. The number of Topliss-reactive ketones (excluding diaryl/α,β-unsaturated/α-hetero) is 1. The van der Waals surface area contributed by atoms with E-state index in [2.05, 4.69) is 12.1 Å². The number of rotatable bonds is 7. The average Bonchev–Trinajstić information content (AvgIpc) is 2.61. The van der Waals surface area contributed by atoms with Crippen molar-refractivity contribution in [2.45, 2.75) is 39.5 Å². The van der Waals surface area contributed by atoms with E-state index in [0.29, 0.717) is 17.8 Å². The number of benzene rings is 2. The Morgan fingerprint density at radius 3 is 1.85 bits per heavy atom. The molecular weight excluding hydrogens is 332 g/mol. The van der Waals surface area contributed by atoms with Crippen molar-refractivity contribution in [1.29, 1.82) is 0 Å². The molecule has 0 saturated carbocycles. The van der Waals surface area contributed by atoms with Crippen LogP contribution in [0.3, 0.4) is 0 Å². The normalized spacial score (nSPS) is 9.77. The third kappa shape index (κ3) is 7.75. The van der Waals surface area contributed by atoms with Crippen LogP contribution in [0.15, 0.2) is 48.5 Å². The van der Waals surface area contributed by atoms with Gasteiger partial charge in [0.1, 0.15) is 5.78 Å². The minimum atomic E-state index is -1.12. The van der Waals surface area contributed by atoms with Gasteiger partial charge in [-0.1, -0.05) is 37.3 Å². The van der Waals surface area contributed by atoms with Crippen LogP contribution in [0, 0.1) is 6.92 Å². The summed E-state index contributed by atoms with van der Waals surface area (Å²) in [6, 6.07) is 14.1. The van der Waals surface area contributed by atoms with Crippen molar-refractivity contribution in [3.63, 3.8) is 0 Å². The fourth-order valence-corrected chi connectivity index (χ4v) is 2.36. The molecule has 0 saturated heterocycles. The van der Waals surface area contributed by atoms with Crippen molar-refractivity contribution in [2.75, 3.05) is 0 Å². The molecular formula is C21H24O5. The van der Waals surface area contributed by atoms with Crippen molar-refractivity contribution in [3.05, 3.63) is 70.8 Å². The lowest BCUT2D eigenvalue weighted by molar-refractivity contribution is -0.119. The van der Waals surface area contributed by atoms with Crippen LogP contribution in [0.4, 0.5) is 0 Å². The van der Waals surface area contributed by atoms with Gasteiger partial charge in [0.05, 0.1) is 11.1 Å². The van der Waals surface area contributed by atoms with Gasteiger partial charge in [0.2, 0.25) is 0 Å². The van der Waals surface area contributed by atoms with Gasteiger partial charge in [-0.25, -0.2) is 9.59 Å². The number of ketones is 1. The Morgan fingerprint density at radius 2 is 1.38 bits per heavy atom. The highest BCUT2D eigenvalue weighted by Gasteiger charge is 2.09. The quantitative estimate of drug-likeness (QED) is 0.768. The number of carboxylic acid groups (broad SMARTS) is 2. The van der Waals surface area contributed by atoms with Gasteiger partial charge in [-0.2, -0.15) is 0 Å². The first-order chi connectivity index (χ1) is 12.3. The molecule has 0 bridgehead atoms. The molecule has 0 aliphatic rings. The molecule has 2 rings (SSSR count). The Bertz CT molecular complexity index is 718. The van der Waals surface area contributed by atoms with E-state index >= 15 is 0 Å². The van der Waals surface area contributed by atoms with E-state index in [1.54, 1.807) is 6.92 Å². The Balaban J connectivity index is 0.000000260. The molecule has 0 radical (unpaired) electrons. The van der Waals surface area contributed by atoms with Crippen LogP contribution in [0.2, 0.25) is 0 Å². The van der Waals surface area contributed by atoms with E-state index < -0.39 is 11.9 Å². The van der Waals surface area contributed by atoms with E-state index in [1.165, 1.54) is 17.7 Å². The first-order valence-corrected chi connectivity index (χ1v) is 8.47. The van der Waals surface area contributed by atoms with E-state index in [4.69, 9.17) is 10.2 Å². The highest BCUT2D eigenvalue weighted by Crippen LogP contribution is 2.09. The second-order valence-corrected chi connectivity index (χ2v) is 5.97. The van der Waals surface area contributed by atoms with Crippen molar-refractivity contribution in [3.8, 4) is 0 Å². The van der Waals surface area contributed by atoms with Crippen LogP contribution >= 0.6 is 0 Å². The maximum Gasteiger partial charge on any atom is 0.335 e. The van der Waals surface area contributed by atoms with Crippen LogP contribution in [-0.2, 0) is 11.2 Å². The second kappa shape index (κ2) is 10.8. The molecule has 2 aromatic rings. The van der Waals surface area contributed by atoms with E-state index in [9.17, 15) is 14.4 Å². The lowest BCUT2D eigenvalue weighted by Gasteiger charge is -1.99.